The van der Waals surface area contributed by atoms with Crippen LogP contribution in [0.25, 0.3) is 17.0 Å². The number of thiazole rings is 1. The van der Waals surface area contributed by atoms with Crippen molar-refractivity contribution >= 4 is 44.3 Å². The van der Waals surface area contributed by atoms with Crippen molar-refractivity contribution in [1.29, 1.82) is 0 Å². The van der Waals surface area contributed by atoms with E-state index in [1.54, 1.807) is 13.0 Å². The summed E-state index contributed by atoms with van der Waals surface area (Å²) in [7, 11) is -4.04. The lowest BCUT2D eigenvalue weighted by molar-refractivity contribution is -0.137. The molecule has 40 heavy (non-hydrogen) atoms. The molecule has 0 aliphatic rings. The first-order valence-electron chi connectivity index (χ1n) is 12.5. The lowest BCUT2D eigenvalue weighted by Crippen LogP contribution is -2.18. The largest absolute Gasteiger partial charge is 0.461 e. The van der Waals surface area contributed by atoms with Crippen LogP contribution < -0.4 is 0 Å². The Morgan fingerprint density at radius 2 is 1.82 bits per heavy atom. The highest BCUT2D eigenvalue weighted by Crippen LogP contribution is 2.34. The molecular formula is C29H29F3N2O4S2. The second-order valence-corrected chi connectivity index (χ2v) is 13.1. The predicted octanol–water partition coefficient (Wildman–Crippen LogP) is 7.07. The monoisotopic (exact) mass is 590 g/mol. The van der Waals surface area contributed by atoms with Crippen molar-refractivity contribution in [3.8, 4) is 0 Å². The van der Waals surface area contributed by atoms with E-state index < -0.39 is 27.7 Å². The minimum Gasteiger partial charge on any atom is -0.461 e. The van der Waals surface area contributed by atoms with Crippen molar-refractivity contribution in [2.45, 2.75) is 45.7 Å². The van der Waals surface area contributed by atoms with Gasteiger partial charge in [-0.25, -0.2) is 22.2 Å². The molecule has 4 aromatic rings. The molecule has 4 rings (SSSR count). The third kappa shape index (κ3) is 6.64. The summed E-state index contributed by atoms with van der Waals surface area (Å²) in [5, 5.41) is 2.07. The summed E-state index contributed by atoms with van der Waals surface area (Å²) in [6.45, 7) is 8.09. The van der Waals surface area contributed by atoms with Gasteiger partial charge in [0.2, 0.25) is 10.0 Å². The van der Waals surface area contributed by atoms with Gasteiger partial charge in [0, 0.05) is 22.9 Å². The highest BCUT2D eigenvalue weighted by Gasteiger charge is 2.31. The smallest absolute Gasteiger partial charge is 0.416 e. The number of hydrogen-bond donors (Lipinski definition) is 0. The number of esters is 1. The van der Waals surface area contributed by atoms with E-state index in [1.807, 2.05) is 24.3 Å². The second-order valence-electron chi connectivity index (χ2n) is 10.3. The van der Waals surface area contributed by atoms with Crippen LogP contribution in [0.5, 0.6) is 0 Å². The van der Waals surface area contributed by atoms with E-state index in [2.05, 4.69) is 25.8 Å². The molecule has 2 aromatic carbocycles. The highest BCUT2D eigenvalue weighted by molar-refractivity contribution is 7.90. The zero-order valence-electron chi connectivity index (χ0n) is 22.4. The van der Waals surface area contributed by atoms with E-state index in [-0.39, 0.29) is 46.5 Å². The number of hydrogen-bond acceptors (Lipinski definition) is 6. The molecule has 212 valence electrons. The van der Waals surface area contributed by atoms with Crippen molar-refractivity contribution < 1.29 is 31.1 Å². The molecule has 2 aromatic heterocycles. The topological polar surface area (TPSA) is 78.3 Å². The van der Waals surface area contributed by atoms with E-state index >= 15 is 0 Å². The fraction of sp³-hybridized carbons (Fsp3) is 0.310. The SMILES string of the molecule is CCOC(=O)c1csc(Cc2cc3cc(C(F)(F)F)ccc3n2S(=O)(=O)CC=Cc2cccc(C(C)(C)C)c2)n1. The van der Waals surface area contributed by atoms with E-state index in [1.165, 1.54) is 23.6 Å². The minimum atomic E-state index is -4.58. The van der Waals surface area contributed by atoms with Crippen molar-refractivity contribution in [3.05, 3.63) is 93.1 Å². The molecule has 0 saturated carbocycles. The lowest BCUT2D eigenvalue weighted by atomic mass is 9.86. The Kier molecular flexibility index (Phi) is 8.28. The second kappa shape index (κ2) is 11.2. The van der Waals surface area contributed by atoms with Crippen molar-refractivity contribution in [1.82, 2.24) is 8.96 Å². The summed E-state index contributed by atoms with van der Waals surface area (Å²) >= 11 is 1.14. The third-order valence-electron chi connectivity index (χ3n) is 6.17. The first kappa shape index (κ1) is 29.5. The van der Waals surface area contributed by atoms with Crippen molar-refractivity contribution in [2.75, 3.05) is 12.4 Å². The summed E-state index contributed by atoms with van der Waals surface area (Å²) in [6, 6.07) is 12.2. The Morgan fingerprint density at radius 3 is 2.50 bits per heavy atom. The van der Waals surface area contributed by atoms with Crippen LogP contribution in [-0.4, -0.2) is 35.7 Å². The zero-order chi connectivity index (χ0) is 29.3. The first-order chi connectivity index (χ1) is 18.7. The Balaban J connectivity index is 1.71. The standard InChI is InChI=1S/C29H29F3N2O4S2/c1-5-38-27(35)24-18-39-26(33-24)17-23-16-20-15-22(29(30,31)32)11-12-25(20)34(23)40(36,37)13-7-9-19-8-6-10-21(14-19)28(2,3)4/h6-12,14-16,18H,5,13,17H2,1-4H3. The summed E-state index contributed by atoms with van der Waals surface area (Å²) in [6.07, 6.45) is -1.34. The molecular weight excluding hydrogens is 561 g/mol. The Hall–Kier alpha value is -3.44. The summed E-state index contributed by atoms with van der Waals surface area (Å²) < 4.78 is 73.4. The number of rotatable bonds is 8. The number of fused-ring (bicyclic) bond motifs is 1. The Morgan fingerprint density at radius 1 is 1.07 bits per heavy atom. The number of carbonyl (C=O) groups excluding carboxylic acids is 1. The third-order valence-corrected chi connectivity index (χ3v) is 8.62. The van der Waals surface area contributed by atoms with Gasteiger partial charge in [0.05, 0.1) is 28.4 Å². The van der Waals surface area contributed by atoms with Crippen LogP contribution in [0.15, 0.2) is 60.0 Å². The van der Waals surface area contributed by atoms with Gasteiger partial charge in [-0.05, 0) is 47.7 Å². The molecule has 6 nitrogen and oxygen atoms in total. The number of benzene rings is 2. The molecule has 0 amide bonds. The number of alkyl halides is 3. The molecule has 0 bridgehead atoms. The number of carbonyl (C=O) groups is 1. The minimum absolute atomic E-state index is 0.00330. The molecule has 0 saturated heterocycles. The Labute approximate surface area is 235 Å². The number of aromatic nitrogens is 2. The molecule has 2 heterocycles. The van der Waals surface area contributed by atoms with Gasteiger partial charge < -0.3 is 4.74 Å². The number of nitrogens with zero attached hydrogens (tertiary/aromatic N) is 2. The maximum absolute atomic E-state index is 13.6. The summed E-state index contributed by atoms with van der Waals surface area (Å²) in [4.78, 5) is 16.3. The molecule has 0 aliphatic heterocycles. The van der Waals surface area contributed by atoms with Gasteiger partial charge in [0.15, 0.2) is 5.69 Å². The number of ether oxygens (including phenoxy) is 1. The van der Waals surface area contributed by atoms with Crippen LogP contribution >= 0.6 is 11.3 Å². The molecule has 11 heteroatoms. The summed E-state index contributed by atoms with van der Waals surface area (Å²) in [5.41, 5.74) is 1.44. The van der Waals surface area contributed by atoms with E-state index in [0.29, 0.717) is 5.01 Å². The Bertz CT molecular complexity index is 1680. The molecule has 0 atom stereocenters. The van der Waals surface area contributed by atoms with E-state index in [9.17, 15) is 26.4 Å². The zero-order valence-corrected chi connectivity index (χ0v) is 24.1. The van der Waals surface area contributed by atoms with E-state index in [4.69, 9.17) is 4.74 Å². The fourth-order valence-electron chi connectivity index (χ4n) is 4.21. The average molecular weight is 591 g/mol. The van der Waals surface area contributed by atoms with Gasteiger partial charge in [0.1, 0.15) is 0 Å². The molecule has 0 N–H and O–H groups in total. The molecule has 0 unspecified atom stereocenters. The number of halogens is 3. The molecule has 0 spiro atoms. The first-order valence-corrected chi connectivity index (χ1v) is 15.0. The highest BCUT2D eigenvalue weighted by atomic mass is 32.2. The van der Waals surface area contributed by atoms with Crippen molar-refractivity contribution in [3.63, 3.8) is 0 Å². The van der Waals surface area contributed by atoms with Gasteiger partial charge in [-0.2, -0.15) is 13.2 Å². The molecule has 0 radical (unpaired) electrons. The van der Waals surface area contributed by atoms with Gasteiger partial charge in [-0.15, -0.1) is 11.3 Å². The maximum Gasteiger partial charge on any atom is 0.416 e. The normalized spacial score (nSPS) is 12.9. The molecule has 0 fully saturated rings. The van der Waals surface area contributed by atoms with Gasteiger partial charge >= 0.3 is 12.1 Å². The average Bonchev–Trinajstić information content (AvgIpc) is 3.47. The predicted molar refractivity (Wildman–Crippen MR) is 151 cm³/mol. The fourth-order valence-corrected chi connectivity index (χ4v) is 6.42. The van der Waals surface area contributed by atoms with Gasteiger partial charge in [0.25, 0.3) is 0 Å². The van der Waals surface area contributed by atoms with Crippen LogP contribution in [0.4, 0.5) is 13.2 Å². The lowest BCUT2D eigenvalue weighted by Gasteiger charge is -2.19. The molecule has 0 aliphatic carbocycles. The maximum atomic E-state index is 13.6. The van der Waals surface area contributed by atoms with Crippen LogP contribution in [0.2, 0.25) is 0 Å². The van der Waals surface area contributed by atoms with Crippen LogP contribution in [0.1, 0.15) is 65.6 Å². The van der Waals surface area contributed by atoms with Gasteiger partial charge in [-0.3, -0.25) is 0 Å². The van der Waals surface area contributed by atoms with Gasteiger partial charge in [-0.1, -0.05) is 57.2 Å². The summed E-state index contributed by atoms with van der Waals surface area (Å²) in [5.74, 6) is -0.982. The van der Waals surface area contributed by atoms with Crippen LogP contribution in [0.3, 0.4) is 0 Å². The quantitative estimate of drug-likeness (QED) is 0.205. The van der Waals surface area contributed by atoms with Crippen molar-refractivity contribution in [2.24, 2.45) is 0 Å². The van der Waals surface area contributed by atoms with E-state index in [0.717, 1.165) is 38.6 Å². The van der Waals surface area contributed by atoms with Crippen LogP contribution in [-0.2, 0) is 32.8 Å². The van der Waals surface area contributed by atoms with Crippen LogP contribution in [0, 0.1) is 0 Å².